The van der Waals surface area contributed by atoms with Crippen LogP contribution in [0.1, 0.15) is 373 Å². The van der Waals surface area contributed by atoms with Crippen molar-refractivity contribution in [1.82, 2.24) is 5.32 Å². The van der Waals surface area contributed by atoms with E-state index in [0.29, 0.717) is 25.9 Å². The summed E-state index contributed by atoms with van der Waals surface area (Å²) in [6.07, 6.45) is 83.2. The largest absolute Gasteiger partial charge is 0.466 e. The first-order valence-electron chi connectivity index (χ1n) is 34.3. The standard InChI is InChI=1S/C70H133NO5/c1-3-5-7-9-11-13-15-17-19-21-22-23-24-25-26-28-31-34-38-42-46-50-54-58-62-68(73)67(66-72)71-69(74)63-59-55-51-47-43-39-35-32-29-27-30-33-37-41-45-49-53-57-61-65-76-70(75)64-60-56-52-48-44-40-36-20-18-16-14-12-10-8-6-4-2/h20,33,36-37,41,45,67-68,72-73H,3-19,21-32,34-35,38-40,42-44,46-66H2,1-2H3,(H,71,74)/b36-20-,37-33-,45-41-. The quantitative estimate of drug-likeness (QED) is 0.0244. The SMILES string of the molecule is CCCCCCCCC/C=C\CCCCCCCC(=O)OCCCCC/C=C\C=C/CCCCCCCCCCCCC(=O)NC(CO)C(O)CCCCCCCCCCCCCCCCCCCCCCCCCC. The fourth-order valence-electron chi connectivity index (χ4n) is 10.7. The Hall–Kier alpha value is -1.92. The van der Waals surface area contributed by atoms with Crippen molar-refractivity contribution in [1.29, 1.82) is 0 Å². The molecule has 0 radical (unpaired) electrons. The number of carbonyl (C=O) groups excluding carboxylic acids is 2. The van der Waals surface area contributed by atoms with E-state index >= 15 is 0 Å². The van der Waals surface area contributed by atoms with E-state index in [9.17, 15) is 19.8 Å². The summed E-state index contributed by atoms with van der Waals surface area (Å²) in [5.74, 6) is -0.0612. The minimum atomic E-state index is -0.673. The minimum absolute atomic E-state index is 0.0200. The van der Waals surface area contributed by atoms with E-state index in [-0.39, 0.29) is 18.5 Å². The van der Waals surface area contributed by atoms with E-state index in [0.717, 1.165) is 70.6 Å². The molecule has 1 amide bonds. The maximum atomic E-state index is 12.5. The highest BCUT2D eigenvalue weighted by atomic mass is 16.5. The summed E-state index contributed by atoms with van der Waals surface area (Å²) < 4.78 is 5.46. The first-order chi connectivity index (χ1) is 37.5. The van der Waals surface area contributed by atoms with Crippen LogP contribution < -0.4 is 5.32 Å². The lowest BCUT2D eigenvalue weighted by Crippen LogP contribution is -2.45. The van der Waals surface area contributed by atoms with Crippen molar-refractivity contribution >= 4 is 11.9 Å². The molecule has 0 aromatic carbocycles. The smallest absolute Gasteiger partial charge is 0.305 e. The van der Waals surface area contributed by atoms with Gasteiger partial charge in [0, 0.05) is 12.8 Å². The molecule has 0 saturated carbocycles. The summed E-state index contributed by atoms with van der Waals surface area (Å²) in [5, 5.41) is 23.4. The number of allylic oxidation sites excluding steroid dienone is 6. The maximum absolute atomic E-state index is 12.5. The highest BCUT2D eigenvalue weighted by Gasteiger charge is 2.20. The Labute approximate surface area is 474 Å². The van der Waals surface area contributed by atoms with Gasteiger partial charge in [-0.2, -0.15) is 0 Å². The number of hydrogen-bond acceptors (Lipinski definition) is 5. The van der Waals surface area contributed by atoms with Crippen LogP contribution in [0.15, 0.2) is 36.5 Å². The summed E-state index contributed by atoms with van der Waals surface area (Å²) in [6.45, 7) is 4.94. The lowest BCUT2D eigenvalue weighted by molar-refractivity contribution is -0.143. The van der Waals surface area contributed by atoms with Crippen LogP contribution in [0.5, 0.6) is 0 Å². The second-order valence-electron chi connectivity index (χ2n) is 23.5. The van der Waals surface area contributed by atoms with Gasteiger partial charge >= 0.3 is 5.97 Å². The van der Waals surface area contributed by atoms with Crippen LogP contribution in [0, 0.1) is 0 Å². The van der Waals surface area contributed by atoms with Gasteiger partial charge in [-0.3, -0.25) is 9.59 Å². The molecule has 0 aliphatic carbocycles. The van der Waals surface area contributed by atoms with E-state index < -0.39 is 12.1 Å². The molecule has 0 heterocycles. The Morgan fingerprint density at radius 1 is 0.368 bits per heavy atom. The summed E-state index contributed by atoms with van der Waals surface area (Å²) in [4.78, 5) is 24.6. The zero-order chi connectivity index (χ0) is 55.0. The third kappa shape index (κ3) is 61.3. The van der Waals surface area contributed by atoms with Crippen LogP contribution in [0.25, 0.3) is 0 Å². The Morgan fingerprint density at radius 2 is 0.658 bits per heavy atom. The molecule has 0 bridgehead atoms. The maximum Gasteiger partial charge on any atom is 0.305 e. The van der Waals surface area contributed by atoms with Crippen molar-refractivity contribution in [3.8, 4) is 0 Å². The van der Waals surface area contributed by atoms with Crippen LogP contribution >= 0.6 is 0 Å². The van der Waals surface area contributed by atoms with Gasteiger partial charge in [-0.25, -0.2) is 0 Å². The van der Waals surface area contributed by atoms with Gasteiger partial charge in [-0.1, -0.05) is 314 Å². The van der Waals surface area contributed by atoms with Crippen molar-refractivity contribution in [2.75, 3.05) is 13.2 Å². The number of hydrogen-bond donors (Lipinski definition) is 3. The van der Waals surface area contributed by atoms with E-state index in [4.69, 9.17) is 4.74 Å². The average Bonchev–Trinajstić information content (AvgIpc) is 3.42. The molecule has 448 valence electrons. The van der Waals surface area contributed by atoms with Crippen molar-refractivity contribution in [2.45, 2.75) is 386 Å². The molecular formula is C70H133NO5. The van der Waals surface area contributed by atoms with Gasteiger partial charge in [0.05, 0.1) is 25.4 Å². The molecule has 0 aliphatic heterocycles. The predicted molar refractivity (Wildman–Crippen MR) is 333 cm³/mol. The van der Waals surface area contributed by atoms with E-state index in [1.165, 1.54) is 270 Å². The number of nitrogens with one attached hydrogen (secondary N) is 1. The van der Waals surface area contributed by atoms with Crippen LogP contribution in [-0.4, -0.2) is 47.4 Å². The van der Waals surface area contributed by atoms with E-state index in [1.54, 1.807) is 0 Å². The van der Waals surface area contributed by atoms with Gasteiger partial charge < -0.3 is 20.3 Å². The molecule has 6 heteroatoms. The first kappa shape index (κ1) is 74.1. The summed E-state index contributed by atoms with van der Waals surface area (Å²) in [5.41, 5.74) is 0. The fourth-order valence-corrected chi connectivity index (χ4v) is 10.7. The molecule has 0 fully saturated rings. The number of amides is 1. The molecule has 0 aromatic heterocycles. The molecule has 6 nitrogen and oxygen atoms in total. The zero-order valence-electron chi connectivity index (χ0n) is 51.3. The van der Waals surface area contributed by atoms with Crippen molar-refractivity contribution in [3.05, 3.63) is 36.5 Å². The molecule has 2 atom stereocenters. The van der Waals surface area contributed by atoms with Gasteiger partial charge in [0.25, 0.3) is 0 Å². The Balaban J connectivity index is 3.46. The summed E-state index contributed by atoms with van der Waals surface area (Å²) >= 11 is 0. The number of esters is 1. The van der Waals surface area contributed by atoms with Crippen LogP contribution in [0.4, 0.5) is 0 Å². The van der Waals surface area contributed by atoms with Crippen LogP contribution in [0.3, 0.4) is 0 Å². The van der Waals surface area contributed by atoms with Crippen molar-refractivity contribution in [2.24, 2.45) is 0 Å². The monoisotopic (exact) mass is 1070 g/mol. The Kier molecular flexibility index (Phi) is 63.9. The fraction of sp³-hybridized carbons (Fsp3) is 0.886. The van der Waals surface area contributed by atoms with Gasteiger partial charge in [0.15, 0.2) is 0 Å². The molecule has 2 unspecified atom stereocenters. The number of aliphatic hydroxyl groups is 2. The normalized spacial score (nSPS) is 12.7. The highest BCUT2D eigenvalue weighted by Crippen LogP contribution is 2.18. The first-order valence-corrected chi connectivity index (χ1v) is 34.3. The molecular weight excluding hydrogens is 935 g/mol. The Bertz CT molecular complexity index is 1230. The average molecular weight is 1070 g/mol. The molecule has 0 rings (SSSR count). The lowest BCUT2D eigenvalue weighted by atomic mass is 10.0. The Morgan fingerprint density at radius 3 is 1.01 bits per heavy atom. The van der Waals surface area contributed by atoms with E-state index in [2.05, 4.69) is 55.6 Å². The van der Waals surface area contributed by atoms with Gasteiger partial charge in [0.1, 0.15) is 0 Å². The molecule has 0 spiro atoms. The molecule has 3 N–H and O–H groups in total. The molecule has 76 heavy (non-hydrogen) atoms. The number of ether oxygens (including phenoxy) is 1. The third-order valence-electron chi connectivity index (χ3n) is 15.9. The molecule has 0 saturated heterocycles. The number of carbonyl (C=O) groups is 2. The van der Waals surface area contributed by atoms with Crippen LogP contribution in [-0.2, 0) is 14.3 Å². The lowest BCUT2D eigenvalue weighted by Gasteiger charge is -2.22. The van der Waals surface area contributed by atoms with E-state index in [1.807, 2.05) is 0 Å². The number of aliphatic hydroxyl groups excluding tert-OH is 2. The summed E-state index contributed by atoms with van der Waals surface area (Å²) in [7, 11) is 0. The van der Waals surface area contributed by atoms with Gasteiger partial charge in [-0.15, -0.1) is 0 Å². The topological polar surface area (TPSA) is 95.9 Å². The van der Waals surface area contributed by atoms with Gasteiger partial charge in [-0.05, 0) is 83.5 Å². The third-order valence-corrected chi connectivity index (χ3v) is 15.9. The zero-order valence-corrected chi connectivity index (χ0v) is 51.3. The van der Waals surface area contributed by atoms with Gasteiger partial charge in [0.2, 0.25) is 5.91 Å². The predicted octanol–water partition coefficient (Wildman–Crippen LogP) is 21.9. The number of rotatable bonds is 64. The van der Waals surface area contributed by atoms with Crippen LogP contribution in [0.2, 0.25) is 0 Å². The van der Waals surface area contributed by atoms with Crippen molar-refractivity contribution in [3.63, 3.8) is 0 Å². The second-order valence-corrected chi connectivity index (χ2v) is 23.5. The minimum Gasteiger partial charge on any atom is -0.466 e. The summed E-state index contributed by atoms with van der Waals surface area (Å²) in [6, 6.07) is -0.551. The van der Waals surface area contributed by atoms with Crippen molar-refractivity contribution < 1.29 is 24.5 Å². The second kappa shape index (κ2) is 65.6. The number of unbranched alkanes of at least 4 members (excludes halogenated alkanes) is 48. The highest BCUT2D eigenvalue weighted by molar-refractivity contribution is 5.76. The molecule has 0 aromatic rings. The molecule has 0 aliphatic rings.